The van der Waals surface area contributed by atoms with Crippen LogP contribution in [0.1, 0.15) is 5.69 Å². The number of nitrogens with two attached hydrogens (primary N) is 1. The quantitative estimate of drug-likeness (QED) is 0.786. The summed E-state index contributed by atoms with van der Waals surface area (Å²) in [5.41, 5.74) is 7.93. The number of fused-ring (bicyclic) bond motifs is 1. The summed E-state index contributed by atoms with van der Waals surface area (Å²) in [7, 11) is 0. The number of rotatable bonds is 2. The van der Waals surface area contributed by atoms with Crippen molar-refractivity contribution in [3.63, 3.8) is 0 Å². The second-order valence-electron chi connectivity index (χ2n) is 4.01. The van der Waals surface area contributed by atoms with E-state index in [0.29, 0.717) is 28.0 Å². The normalized spacial score (nSPS) is 11.1. The van der Waals surface area contributed by atoms with Crippen LogP contribution in [0.3, 0.4) is 0 Å². The molecule has 0 unspecified atom stereocenters. The van der Waals surface area contributed by atoms with Crippen LogP contribution < -0.4 is 5.73 Å². The lowest BCUT2D eigenvalue weighted by molar-refractivity contribution is 0.622. The summed E-state index contributed by atoms with van der Waals surface area (Å²) >= 11 is 3.13. The molecule has 2 heterocycles. The molecule has 0 radical (unpaired) electrons. The number of imidazole rings is 1. The molecule has 0 saturated carbocycles. The summed E-state index contributed by atoms with van der Waals surface area (Å²) < 4.78 is 15.7. The van der Waals surface area contributed by atoms with Crippen LogP contribution in [0.25, 0.3) is 11.0 Å². The van der Waals surface area contributed by atoms with Crippen LogP contribution in [-0.4, -0.2) is 19.5 Å². The molecule has 0 aliphatic rings. The van der Waals surface area contributed by atoms with Gasteiger partial charge in [-0.05, 0) is 28.1 Å². The first-order chi connectivity index (χ1) is 9.15. The van der Waals surface area contributed by atoms with Gasteiger partial charge in [-0.1, -0.05) is 0 Å². The third-order valence-corrected chi connectivity index (χ3v) is 3.39. The highest BCUT2D eigenvalue weighted by atomic mass is 79.9. The van der Waals surface area contributed by atoms with Gasteiger partial charge in [0.1, 0.15) is 12.1 Å². The SMILES string of the molecule is Nc1nc2cc(Br)c(F)cc2n1Cc1ccncn1. The number of anilines is 1. The number of benzene rings is 1. The van der Waals surface area contributed by atoms with Gasteiger partial charge in [-0.2, -0.15) is 0 Å². The van der Waals surface area contributed by atoms with E-state index in [1.54, 1.807) is 22.9 Å². The van der Waals surface area contributed by atoms with E-state index in [9.17, 15) is 4.39 Å². The molecule has 19 heavy (non-hydrogen) atoms. The van der Waals surface area contributed by atoms with Crippen LogP contribution >= 0.6 is 15.9 Å². The molecule has 0 bridgehead atoms. The van der Waals surface area contributed by atoms with E-state index in [1.165, 1.54) is 12.4 Å². The average molecular weight is 322 g/mol. The zero-order valence-electron chi connectivity index (χ0n) is 9.72. The van der Waals surface area contributed by atoms with E-state index >= 15 is 0 Å². The van der Waals surface area contributed by atoms with E-state index < -0.39 is 0 Å². The van der Waals surface area contributed by atoms with Gasteiger partial charge in [0.05, 0.1) is 27.7 Å². The largest absolute Gasteiger partial charge is 0.369 e. The molecular formula is C12H9BrFN5. The Morgan fingerprint density at radius 1 is 1.37 bits per heavy atom. The Hall–Kier alpha value is -2.02. The maximum Gasteiger partial charge on any atom is 0.201 e. The zero-order valence-corrected chi connectivity index (χ0v) is 11.3. The fourth-order valence-electron chi connectivity index (χ4n) is 1.88. The number of aromatic nitrogens is 4. The molecular weight excluding hydrogens is 313 g/mol. The van der Waals surface area contributed by atoms with Gasteiger partial charge in [0.15, 0.2) is 0 Å². The van der Waals surface area contributed by atoms with Crippen molar-refractivity contribution < 1.29 is 4.39 Å². The molecule has 3 aromatic rings. The highest BCUT2D eigenvalue weighted by Crippen LogP contribution is 2.25. The minimum Gasteiger partial charge on any atom is -0.369 e. The van der Waals surface area contributed by atoms with Crippen molar-refractivity contribution in [3.8, 4) is 0 Å². The van der Waals surface area contributed by atoms with Crippen molar-refractivity contribution >= 4 is 32.9 Å². The van der Waals surface area contributed by atoms with Crippen LogP contribution in [0.2, 0.25) is 0 Å². The van der Waals surface area contributed by atoms with Crippen LogP contribution in [0.15, 0.2) is 35.2 Å². The maximum absolute atomic E-state index is 13.6. The van der Waals surface area contributed by atoms with Crippen molar-refractivity contribution in [1.29, 1.82) is 0 Å². The number of hydrogen-bond acceptors (Lipinski definition) is 4. The van der Waals surface area contributed by atoms with Gasteiger partial charge in [0.25, 0.3) is 0 Å². The highest BCUT2D eigenvalue weighted by molar-refractivity contribution is 9.10. The third-order valence-electron chi connectivity index (χ3n) is 2.78. The Kier molecular flexibility index (Phi) is 2.90. The Morgan fingerprint density at radius 3 is 2.95 bits per heavy atom. The minimum atomic E-state index is -0.351. The first-order valence-electron chi connectivity index (χ1n) is 5.51. The third kappa shape index (κ3) is 2.17. The molecule has 0 spiro atoms. The number of halogens is 2. The highest BCUT2D eigenvalue weighted by Gasteiger charge is 2.12. The first kappa shape index (κ1) is 12.0. The van der Waals surface area contributed by atoms with Gasteiger partial charge in [-0.3, -0.25) is 0 Å². The predicted octanol–water partition coefficient (Wildman–Crippen LogP) is 2.36. The van der Waals surface area contributed by atoms with Gasteiger partial charge in [0.2, 0.25) is 5.95 Å². The van der Waals surface area contributed by atoms with E-state index in [-0.39, 0.29) is 5.82 Å². The van der Waals surface area contributed by atoms with Gasteiger partial charge in [0, 0.05) is 12.3 Å². The van der Waals surface area contributed by atoms with Crippen molar-refractivity contribution in [1.82, 2.24) is 19.5 Å². The Balaban J connectivity index is 2.13. The summed E-state index contributed by atoms with van der Waals surface area (Å²) in [5, 5.41) is 0. The Labute approximate surface area is 116 Å². The Bertz CT molecular complexity index is 741. The molecule has 0 fully saturated rings. The van der Waals surface area contributed by atoms with E-state index in [2.05, 4.69) is 30.9 Å². The lowest BCUT2D eigenvalue weighted by Crippen LogP contribution is -2.06. The van der Waals surface area contributed by atoms with Crippen molar-refractivity contribution in [2.45, 2.75) is 6.54 Å². The molecule has 3 rings (SSSR count). The number of hydrogen-bond donors (Lipinski definition) is 1. The second kappa shape index (κ2) is 4.58. The van der Waals surface area contributed by atoms with Crippen molar-refractivity contribution in [2.75, 3.05) is 5.73 Å². The van der Waals surface area contributed by atoms with Gasteiger partial charge in [-0.15, -0.1) is 0 Å². The van der Waals surface area contributed by atoms with Crippen molar-refractivity contribution in [2.24, 2.45) is 0 Å². The van der Waals surface area contributed by atoms with E-state index in [1.807, 2.05) is 0 Å². The zero-order chi connectivity index (χ0) is 13.4. The summed E-state index contributed by atoms with van der Waals surface area (Å²) in [6, 6.07) is 4.79. The predicted molar refractivity (Wildman–Crippen MR) is 72.9 cm³/mol. The molecule has 2 N–H and O–H groups in total. The van der Waals surface area contributed by atoms with Gasteiger partial charge >= 0.3 is 0 Å². The standard InChI is InChI=1S/C12H9BrFN5/c13-8-3-10-11(4-9(8)14)19(12(15)18-10)5-7-1-2-16-6-17-7/h1-4,6H,5H2,(H2,15,18). The van der Waals surface area contributed by atoms with Crippen LogP contribution in [-0.2, 0) is 6.54 Å². The summed E-state index contributed by atoms with van der Waals surface area (Å²) in [4.78, 5) is 12.2. The molecule has 7 heteroatoms. The first-order valence-corrected chi connectivity index (χ1v) is 6.30. The lowest BCUT2D eigenvalue weighted by Gasteiger charge is -2.05. The van der Waals surface area contributed by atoms with Gasteiger partial charge in [-0.25, -0.2) is 19.3 Å². The van der Waals surface area contributed by atoms with Crippen molar-refractivity contribution in [3.05, 3.63) is 46.7 Å². The molecule has 2 aromatic heterocycles. The monoisotopic (exact) mass is 321 g/mol. The number of nitrogen functional groups attached to an aromatic ring is 1. The maximum atomic E-state index is 13.6. The van der Waals surface area contributed by atoms with Crippen LogP contribution in [0.5, 0.6) is 0 Å². The summed E-state index contributed by atoms with van der Waals surface area (Å²) in [6.45, 7) is 0.423. The van der Waals surface area contributed by atoms with E-state index in [0.717, 1.165) is 5.69 Å². The lowest BCUT2D eigenvalue weighted by atomic mass is 10.3. The topological polar surface area (TPSA) is 69.6 Å². The molecule has 0 aliphatic carbocycles. The van der Waals surface area contributed by atoms with E-state index in [4.69, 9.17) is 5.73 Å². The van der Waals surface area contributed by atoms with Crippen LogP contribution in [0.4, 0.5) is 10.3 Å². The molecule has 0 aliphatic heterocycles. The van der Waals surface area contributed by atoms with Crippen LogP contribution in [0, 0.1) is 5.82 Å². The Morgan fingerprint density at radius 2 is 2.21 bits per heavy atom. The fourth-order valence-corrected chi connectivity index (χ4v) is 2.21. The molecule has 0 saturated heterocycles. The smallest absolute Gasteiger partial charge is 0.201 e. The molecule has 0 atom stereocenters. The summed E-state index contributed by atoms with van der Waals surface area (Å²) in [5.74, 6) is -0.0255. The number of nitrogens with zero attached hydrogens (tertiary/aromatic N) is 4. The molecule has 96 valence electrons. The van der Waals surface area contributed by atoms with Gasteiger partial charge < -0.3 is 10.3 Å². The summed E-state index contributed by atoms with van der Waals surface area (Å²) in [6.07, 6.45) is 3.11. The molecule has 0 amide bonds. The second-order valence-corrected chi connectivity index (χ2v) is 4.87. The minimum absolute atomic E-state index is 0.325. The molecule has 1 aromatic carbocycles. The fraction of sp³-hybridized carbons (Fsp3) is 0.0833. The average Bonchev–Trinajstić information content (AvgIpc) is 2.68. The molecule has 5 nitrogen and oxygen atoms in total.